The van der Waals surface area contributed by atoms with Crippen LogP contribution in [-0.2, 0) is 5.41 Å². The van der Waals surface area contributed by atoms with Crippen LogP contribution in [0.4, 0.5) is 34.1 Å². The average Bonchev–Trinajstić information content (AvgIpc) is 3.07. The lowest BCUT2D eigenvalue weighted by Crippen LogP contribution is -2.62. The van der Waals surface area contributed by atoms with Gasteiger partial charge in [0.1, 0.15) is 0 Å². The maximum atomic E-state index is 2.58. The first kappa shape index (κ1) is 32.9. The number of fused-ring (bicyclic) bond motifs is 6. The minimum Gasteiger partial charge on any atom is -0.311 e. The van der Waals surface area contributed by atoms with E-state index in [1.165, 1.54) is 82.8 Å². The third-order valence-electron chi connectivity index (χ3n) is 11.0. The Morgan fingerprint density at radius 1 is 0.540 bits per heavy atom. The molecule has 0 amide bonds. The molecule has 0 radical (unpaired) electrons. The standard InChI is InChI=1S/C45H49BN2Si2/c1-30-15-18-34(19-16-30)48-42-28-32(45(2,3)4)27-41-43(42)46(38-25-17-31-13-11-12-14-37(31)44(38)48)39-29-36(50(8,9)10)24-26-40(39)47(41)33-20-22-35(23-21-33)49(5,6)7/h11-29H,1-10H3. The van der Waals surface area contributed by atoms with Gasteiger partial charge in [-0.2, -0.15) is 0 Å². The molecule has 250 valence electrons. The van der Waals surface area contributed by atoms with E-state index in [9.17, 15) is 0 Å². The zero-order valence-corrected chi connectivity index (χ0v) is 33.4. The topological polar surface area (TPSA) is 6.48 Å². The molecule has 2 aliphatic rings. The van der Waals surface area contributed by atoms with Crippen LogP contribution in [-0.4, -0.2) is 22.9 Å². The van der Waals surface area contributed by atoms with Crippen LogP contribution in [0.2, 0.25) is 39.3 Å². The first-order valence-corrected chi connectivity index (χ1v) is 25.2. The van der Waals surface area contributed by atoms with Crippen LogP contribution in [0.1, 0.15) is 31.9 Å². The Morgan fingerprint density at radius 3 is 1.76 bits per heavy atom. The van der Waals surface area contributed by atoms with Crippen molar-refractivity contribution in [3.8, 4) is 0 Å². The minimum atomic E-state index is -1.62. The van der Waals surface area contributed by atoms with Gasteiger partial charge in [-0.25, -0.2) is 0 Å². The summed E-state index contributed by atoms with van der Waals surface area (Å²) in [7, 11) is -3.08. The molecule has 6 aromatic carbocycles. The summed E-state index contributed by atoms with van der Waals surface area (Å²) in [6, 6.07) is 44.9. The van der Waals surface area contributed by atoms with E-state index < -0.39 is 16.1 Å². The van der Waals surface area contributed by atoms with E-state index in [2.05, 4.69) is 192 Å². The first-order valence-electron chi connectivity index (χ1n) is 18.2. The van der Waals surface area contributed by atoms with Crippen molar-refractivity contribution in [3.63, 3.8) is 0 Å². The molecule has 0 saturated heterocycles. The van der Waals surface area contributed by atoms with Crippen molar-refractivity contribution >= 4 is 94.5 Å². The number of benzene rings is 6. The summed E-state index contributed by atoms with van der Waals surface area (Å²) < 4.78 is 0. The number of hydrogen-bond donors (Lipinski definition) is 0. The van der Waals surface area contributed by atoms with Gasteiger partial charge >= 0.3 is 0 Å². The smallest absolute Gasteiger partial charge is 0.252 e. The van der Waals surface area contributed by atoms with Gasteiger partial charge < -0.3 is 9.80 Å². The van der Waals surface area contributed by atoms with Crippen molar-refractivity contribution in [2.75, 3.05) is 9.80 Å². The lowest BCUT2D eigenvalue weighted by Gasteiger charge is -2.45. The van der Waals surface area contributed by atoms with E-state index in [-0.39, 0.29) is 12.1 Å². The second-order valence-corrected chi connectivity index (χ2v) is 27.8. The molecule has 6 aromatic rings. The van der Waals surface area contributed by atoms with Crippen LogP contribution in [0.25, 0.3) is 10.8 Å². The zero-order valence-electron chi connectivity index (χ0n) is 31.4. The molecule has 50 heavy (non-hydrogen) atoms. The fourth-order valence-corrected chi connectivity index (χ4v) is 10.4. The molecule has 5 heteroatoms. The zero-order chi connectivity index (χ0) is 35.3. The van der Waals surface area contributed by atoms with Crippen molar-refractivity contribution < 1.29 is 0 Å². The van der Waals surface area contributed by atoms with Gasteiger partial charge in [-0.15, -0.1) is 0 Å². The SMILES string of the molecule is Cc1ccc(N2c3cc(C(C)(C)C)cc4c3B(c3cc([Si](C)(C)C)ccc3N4c3ccc([Si](C)(C)C)cc3)c3ccc4ccccc4c32)cc1. The number of hydrogen-bond acceptors (Lipinski definition) is 2. The maximum absolute atomic E-state index is 2.58. The van der Waals surface area contributed by atoms with Crippen LogP contribution in [0.5, 0.6) is 0 Å². The maximum Gasteiger partial charge on any atom is 0.252 e. The van der Waals surface area contributed by atoms with E-state index in [1.807, 2.05) is 0 Å². The fraction of sp³-hybridized carbons (Fsp3) is 0.244. The van der Waals surface area contributed by atoms with E-state index >= 15 is 0 Å². The summed E-state index contributed by atoms with van der Waals surface area (Å²) in [5, 5.41) is 5.56. The summed E-state index contributed by atoms with van der Waals surface area (Å²) in [4.78, 5) is 5.17. The monoisotopic (exact) mass is 684 g/mol. The molecule has 2 heterocycles. The van der Waals surface area contributed by atoms with Crippen LogP contribution in [0.15, 0.2) is 115 Å². The van der Waals surface area contributed by atoms with Gasteiger partial charge in [0.2, 0.25) is 0 Å². The lowest BCUT2D eigenvalue weighted by molar-refractivity contribution is 0.590. The highest BCUT2D eigenvalue weighted by Crippen LogP contribution is 2.47. The molecule has 0 saturated carbocycles. The molecule has 0 fully saturated rings. The van der Waals surface area contributed by atoms with Gasteiger partial charge in [-0.1, -0.05) is 149 Å². The number of nitrogens with zero attached hydrogens (tertiary/aromatic N) is 2. The molecule has 0 N–H and O–H groups in total. The van der Waals surface area contributed by atoms with Gasteiger partial charge in [-0.3, -0.25) is 0 Å². The number of rotatable bonds is 4. The molecule has 0 aromatic heterocycles. The Hall–Kier alpha value is -4.32. The summed E-state index contributed by atoms with van der Waals surface area (Å²) in [5.41, 5.74) is 14.4. The van der Waals surface area contributed by atoms with Crippen LogP contribution >= 0.6 is 0 Å². The normalized spacial score (nSPS) is 14.1. The highest BCUT2D eigenvalue weighted by molar-refractivity contribution is 7.01. The van der Waals surface area contributed by atoms with Gasteiger partial charge in [-0.05, 0) is 82.1 Å². The second kappa shape index (κ2) is 11.3. The van der Waals surface area contributed by atoms with E-state index in [1.54, 1.807) is 0 Å². The van der Waals surface area contributed by atoms with Gasteiger partial charge in [0.05, 0.1) is 16.1 Å². The van der Waals surface area contributed by atoms with Crippen LogP contribution in [0, 0.1) is 6.92 Å². The third kappa shape index (κ3) is 5.29. The Kier molecular flexibility index (Phi) is 7.46. The molecule has 0 spiro atoms. The van der Waals surface area contributed by atoms with Gasteiger partial charge in [0, 0.05) is 39.5 Å². The molecule has 8 rings (SSSR count). The quantitative estimate of drug-likeness (QED) is 0.171. The molecular weight excluding hydrogens is 635 g/mol. The fourth-order valence-electron chi connectivity index (χ4n) is 8.01. The largest absolute Gasteiger partial charge is 0.311 e. The van der Waals surface area contributed by atoms with E-state index in [0.29, 0.717) is 0 Å². The van der Waals surface area contributed by atoms with Crippen molar-refractivity contribution in [3.05, 3.63) is 126 Å². The lowest BCUT2D eigenvalue weighted by atomic mass is 9.33. The van der Waals surface area contributed by atoms with Crippen molar-refractivity contribution in [2.24, 2.45) is 0 Å². The van der Waals surface area contributed by atoms with Crippen molar-refractivity contribution in [2.45, 2.75) is 72.4 Å². The molecular formula is C45H49BN2Si2. The predicted molar refractivity (Wildman–Crippen MR) is 227 cm³/mol. The third-order valence-corrected chi connectivity index (χ3v) is 15.1. The first-order chi connectivity index (χ1) is 23.6. The molecule has 0 bridgehead atoms. The van der Waals surface area contributed by atoms with Gasteiger partial charge in [0.15, 0.2) is 0 Å². The summed E-state index contributed by atoms with van der Waals surface area (Å²) >= 11 is 0. The molecule has 0 aliphatic carbocycles. The van der Waals surface area contributed by atoms with Crippen LogP contribution < -0.4 is 36.6 Å². The highest BCUT2D eigenvalue weighted by Gasteiger charge is 2.45. The number of aryl methyl sites for hydroxylation is 1. The second-order valence-electron chi connectivity index (χ2n) is 17.7. The summed E-state index contributed by atoms with van der Waals surface area (Å²) in [5.74, 6) is 0. The van der Waals surface area contributed by atoms with E-state index in [0.717, 1.165) is 0 Å². The molecule has 2 nitrogen and oxygen atoms in total. The average molecular weight is 685 g/mol. The molecule has 0 unspecified atom stereocenters. The number of anilines is 6. The highest BCUT2D eigenvalue weighted by atomic mass is 28.3. The Labute approximate surface area is 301 Å². The minimum absolute atomic E-state index is 0.0473. The van der Waals surface area contributed by atoms with Crippen LogP contribution in [0.3, 0.4) is 0 Å². The molecule has 2 aliphatic heterocycles. The Balaban J connectivity index is 1.52. The summed E-state index contributed by atoms with van der Waals surface area (Å²) in [6.45, 7) is 24.1. The van der Waals surface area contributed by atoms with Crippen molar-refractivity contribution in [1.29, 1.82) is 0 Å². The Morgan fingerprint density at radius 2 is 1.12 bits per heavy atom. The molecule has 0 atom stereocenters. The Bertz CT molecular complexity index is 2290. The van der Waals surface area contributed by atoms with E-state index in [4.69, 9.17) is 0 Å². The van der Waals surface area contributed by atoms with Gasteiger partial charge in [0.25, 0.3) is 6.71 Å². The predicted octanol–water partition coefficient (Wildman–Crippen LogP) is 9.62. The van der Waals surface area contributed by atoms with Crippen molar-refractivity contribution in [1.82, 2.24) is 0 Å². The summed E-state index contributed by atoms with van der Waals surface area (Å²) in [6.07, 6.45) is 0.